The first kappa shape index (κ1) is 14.3. The molecule has 3 nitrogen and oxygen atoms in total. The number of urea groups is 1. The van der Waals surface area contributed by atoms with Gasteiger partial charge in [0, 0.05) is 12.1 Å². The van der Waals surface area contributed by atoms with Gasteiger partial charge in [-0.25, -0.2) is 4.79 Å². The van der Waals surface area contributed by atoms with E-state index in [-0.39, 0.29) is 28.9 Å². The summed E-state index contributed by atoms with van der Waals surface area (Å²) in [5.41, 5.74) is 0. The highest BCUT2D eigenvalue weighted by molar-refractivity contribution is 6.21. The van der Waals surface area contributed by atoms with Crippen LogP contribution in [-0.2, 0) is 0 Å². The molecule has 0 saturated heterocycles. The quantitative estimate of drug-likeness (QED) is 0.753. The molecule has 0 radical (unpaired) electrons. The van der Waals surface area contributed by atoms with Crippen molar-refractivity contribution < 1.29 is 4.79 Å². The van der Waals surface area contributed by atoms with Gasteiger partial charge >= 0.3 is 6.03 Å². The summed E-state index contributed by atoms with van der Waals surface area (Å²) in [6.45, 7) is 0. The Hall–Kier alpha value is -0.150. The average Bonchev–Trinajstić information content (AvgIpc) is 2.35. The van der Waals surface area contributed by atoms with E-state index in [2.05, 4.69) is 10.6 Å². The summed E-state index contributed by atoms with van der Waals surface area (Å²) in [6, 6.07) is 0.112. The van der Waals surface area contributed by atoms with E-state index in [4.69, 9.17) is 23.2 Å². The number of rotatable bonds is 2. The van der Waals surface area contributed by atoms with E-state index in [0.29, 0.717) is 0 Å². The van der Waals surface area contributed by atoms with Crippen molar-refractivity contribution in [1.29, 1.82) is 0 Å². The van der Waals surface area contributed by atoms with Crippen molar-refractivity contribution in [2.45, 2.75) is 74.2 Å². The third kappa shape index (κ3) is 3.92. The highest BCUT2D eigenvalue weighted by Crippen LogP contribution is 2.24. The summed E-state index contributed by atoms with van der Waals surface area (Å²) in [5.74, 6) is 0. The number of alkyl halides is 2. The average molecular weight is 293 g/mol. The van der Waals surface area contributed by atoms with E-state index in [1.807, 2.05) is 0 Å². The minimum absolute atomic E-state index is 0.0719. The van der Waals surface area contributed by atoms with Crippen LogP contribution in [0.15, 0.2) is 0 Å². The van der Waals surface area contributed by atoms with Gasteiger partial charge in [0.2, 0.25) is 0 Å². The number of amides is 2. The Kier molecular flexibility index (Phi) is 5.43. The highest BCUT2D eigenvalue weighted by atomic mass is 35.5. The third-order valence-corrected chi connectivity index (χ3v) is 5.04. The first-order chi connectivity index (χ1) is 8.66. The van der Waals surface area contributed by atoms with Gasteiger partial charge < -0.3 is 10.6 Å². The summed E-state index contributed by atoms with van der Waals surface area (Å²) in [5, 5.41) is 6.14. The Balaban J connectivity index is 1.77. The fourth-order valence-corrected chi connectivity index (χ4v) is 3.56. The second kappa shape index (κ2) is 6.85. The molecule has 2 fully saturated rings. The third-order valence-electron chi connectivity index (χ3n) is 4.00. The largest absolute Gasteiger partial charge is 0.334 e. The van der Waals surface area contributed by atoms with Crippen molar-refractivity contribution in [1.82, 2.24) is 10.6 Å². The molecule has 5 heteroatoms. The van der Waals surface area contributed by atoms with E-state index in [1.165, 1.54) is 12.8 Å². The molecule has 0 aromatic carbocycles. The molecule has 0 aromatic rings. The van der Waals surface area contributed by atoms with Crippen molar-refractivity contribution >= 4 is 29.2 Å². The van der Waals surface area contributed by atoms with Crippen LogP contribution in [0, 0.1) is 0 Å². The van der Waals surface area contributed by atoms with E-state index in [9.17, 15) is 4.79 Å². The van der Waals surface area contributed by atoms with Crippen molar-refractivity contribution in [2.24, 2.45) is 0 Å². The van der Waals surface area contributed by atoms with Gasteiger partial charge in [0.05, 0.1) is 10.8 Å². The Morgan fingerprint density at radius 1 is 0.778 bits per heavy atom. The zero-order valence-electron chi connectivity index (χ0n) is 10.6. The first-order valence-corrected chi connectivity index (χ1v) is 7.89. The number of halogens is 2. The van der Waals surface area contributed by atoms with Gasteiger partial charge in [-0.2, -0.15) is 0 Å². The van der Waals surface area contributed by atoms with E-state index in [1.54, 1.807) is 0 Å². The molecule has 0 heterocycles. The predicted molar refractivity (Wildman–Crippen MR) is 75.5 cm³/mol. The lowest BCUT2D eigenvalue weighted by Gasteiger charge is -2.31. The molecule has 2 aliphatic carbocycles. The van der Waals surface area contributed by atoms with E-state index < -0.39 is 0 Å². The van der Waals surface area contributed by atoms with Crippen LogP contribution in [0.2, 0.25) is 0 Å². The lowest BCUT2D eigenvalue weighted by molar-refractivity contribution is 0.225. The summed E-state index contributed by atoms with van der Waals surface area (Å²) in [4.78, 5) is 11.9. The second-order valence-electron chi connectivity index (χ2n) is 5.43. The van der Waals surface area contributed by atoms with Gasteiger partial charge in [0.1, 0.15) is 0 Å². The number of nitrogens with one attached hydrogen (secondary N) is 2. The summed E-state index contributed by atoms with van der Waals surface area (Å²) >= 11 is 12.5. The molecule has 18 heavy (non-hydrogen) atoms. The molecule has 4 unspecified atom stereocenters. The highest BCUT2D eigenvalue weighted by Gasteiger charge is 2.28. The van der Waals surface area contributed by atoms with Gasteiger partial charge in [-0.3, -0.25) is 0 Å². The molecule has 0 aliphatic heterocycles. The van der Waals surface area contributed by atoms with Crippen LogP contribution in [0.25, 0.3) is 0 Å². The first-order valence-electron chi connectivity index (χ1n) is 7.02. The Morgan fingerprint density at radius 3 is 1.56 bits per heavy atom. The molecule has 104 valence electrons. The van der Waals surface area contributed by atoms with Crippen LogP contribution in [-0.4, -0.2) is 28.9 Å². The van der Waals surface area contributed by atoms with Crippen LogP contribution in [0.4, 0.5) is 4.79 Å². The maximum Gasteiger partial charge on any atom is 0.315 e. The Labute approximate surface area is 119 Å². The van der Waals surface area contributed by atoms with Crippen molar-refractivity contribution in [2.75, 3.05) is 0 Å². The normalized spacial score (nSPS) is 37.0. The van der Waals surface area contributed by atoms with Crippen LogP contribution in [0.5, 0.6) is 0 Å². The lowest BCUT2D eigenvalue weighted by atomic mass is 9.94. The molecular weight excluding hydrogens is 271 g/mol. The van der Waals surface area contributed by atoms with Gasteiger partial charge in [0.15, 0.2) is 0 Å². The maximum atomic E-state index is 11.9. The number of hydrogen-bond acceptors (Lipinski definition) is 1. The van der Waals surface area contributed by atoms with Crippen molar-refractivity contribution in [3.63, 3.8) is 0 Å². The summed E-state index contributed by atoms with van der Waals surface area (Å²) in [6.07, 6.45) is 8.58. The fraction of sp³-hybridized carbons (Fsp3) is 0.923. The SMILES string of the molecule is O=C(NC1CCCCC1Cl)NC1CCCCC1Cl. The second-order valence-corrected chi connectivity index (χ2v) is 6.55. The Morgan fingerprint density at radius 2 is 1.17 bits per heavy atom. The van der Waals surface area contributed by atoms with Gasteiger partial charge in [-0.1, -0.05) is 25.7 Å². The number of carbonyl (C=O) groups excluding carboxylic acids is 1. The van der Waals surface area contributed by atoms with Gasteiger partial charge in [-0.05, 0) is 25.7 Å². The molecule has 2 rings (SSSR count). The van der Waals surface area contributed by atoms with E-state index in [0.717, 1.165) is 38.5 Å². The van der Waals surface area contributed by atoms with Crippen LogP contribution in [0.3, 0.4) is 0 Å². The molecule has 2 aliphatic rings. The number of carbonyl (C=O) groups is 1. The minimum atomic E-state index is -0.106. The molecule has 0 aromatic heterocycles. The number of hydrogen-bond donors (Lipinski definition) is 2. The zero-order valence-corrected chi connectivity index (χ0v) is 12.1. The summed E-state index contributed by atoms with van der Waals surface area (Å²) in [7, 11) is 0. The summed E-state index contributed by atoms with van der Waals surface area (Å²) < 4.78 is 0. The molecule has 4 atom stereocenters. The van der Waals surface area contributed by atoms with Crippen LogP contribution in [0.1, 0.15) is 51.4 Å². The monoisotopic (exact) mass is 292 g/mol. The lowest BCUT2D eigenvalue weighted by Crippen LogP contribution is -2.52. The molecule has 0 spiro atoms. The molecule has 2 amide bonds. The molecule has 2 saturated carbocycles. The van der Waals surface area contributed by atoms with Gasteiger partial charge in [0.25, 0.3) is 0 Å². The molecular formula is C13H22Cl2N2O. The smallest absolute Gasteiger partial charge is 0.315 e. The topological polar surface area (TPSA) is 41.1 Å². The van der Waals surface area contributed by atoms with Gasteiger partial charge in [-0.15, -0.1) is 23.2 Å². The molecule has 2 N–H and O–H groups in total. The van der Waals surface area contributed by atoms with Crippen LogP contribution < -0.4 is 10.6 Å². The van der Waals surface area contributed by atoms with E-state index >= 15 is 0 Å². The van der Waals surface area contributed by atoms with Crippen LogP contribution >= 0.6 is 23.2 Å². The Bertz CT molecular complexity index is 262. The standard InChI is InChI=1S/C13H22Cl2N2O/c14-9-5-1-3-7-11(9)16-13(18)17-12-8-4-2-6-10(12)15/h9-12H,1-8H2,(H2,16,17,18). The predicted octanol–water partition coefficient (Wildman–Crippen LogP) is 3.39. The zero-order chi connectivity index (χ0) is 13.0. The van der Waals surface area contributed by atoms with Crippen molar-refractivity contribution in [3.8, 4) is 0 Å². The molecule has 0 bridgehead atoms. The fourth-order valence-electron chi connectivity index (χ4n) is 2.87. The minimum Gasteiger partial charge on any atom is -0.334 e. The van der Waals surface area contributed by atoms with Crippen molar-refractivity contribution in [3.05, 3.63) is 0 Å². The maximum absolute atomic E-state index is 11.9.